The van der Waals surface area contributed by atoms with Crippen molar-refractivity contribution in [3.05, 3.63) is 140 Å². The van der Waals surface area contributed by atoms with Gasteiger partial charge in [0.1, 0.15) is 0 Å². The summed E-state index contributed by atoms with van der Waals surface area (Å²) < 4.78 is 0. The third-order valence-electron chi connectivity index (χ3n) is 6.43. The highest BCUT2D eigenvalue weighted by Crippen LogP contribution is 2.39. The lowest BCUT2D eigenvalue weighted by atomic mass is 9.88. The molecule has 0 saturated heterocycles. The van der Waals surface area contributed by atoms with E-state index < -0.39 is 0 Å². The van der Waals surface area contributed by atoms with E-state index in [-0.39, 0.29) is 0 Å². The van der Waals surface area contributed by atoms with Gasteiger partial charge in [-0.15, -0.1) is 0 Å². The summed E-state index contributed by atoms with van der Waals surface area (Å²) in [5.74, 6) is 0. The van der Waals surface area contributed by atoms with Gasteiger partial charge in [-0.1, -0.05) is 117 Å². The molecule has 5 aromatic carbocycles. The molecule has 1 nitrogen and oxygen atoms in total. The van der Waals surface area contributed by atoms with Crippen LogP contribution in [0, 0.1) is 0 Å². The van der Waals surface area contributed by atoms with Gasteiger partial charge in [0.25, 0.3) is 0 Å². The van der Waals surface area contributed by atoms with E-state index in [0.29, 0.717) is 0 Å². The molecule has 0 bridgehead atoms. The van der Waals surface area contributed by atoms with Crippen molar-refractivity contribution >= 4 is 39.0 Å². The first-order chi connectivity index (χ1) is 18.0. The minimum absolute atomic E-state index is 1.06. The van der Waals surface area contributed by atoms with E-state index in [2.05, 4.69) is 147 Å². The lowest BCUT2D eigenvalue weighted by molar-refractivity contribution is 1.28. The van der Waals surface area contributed by atoms with Crippen LogP contribution in [0.4, 0.5) is 17.1 Å². The molecule has 0 atom stereocenters. The third kappa shape index (κ3) is 5.27. The van der Waals surface area contributed by atoms with Gasteiger partial charge >= 0.3 is 0 Å². The molecule has 0 spiro atoms. The van der Waals surface area contributed by atoms with Gasteiger partial charge in [0.15, 0.2) is 0 Å². The molecular formula is C36H35N. The summed E-state index contributed by atoms with van der Waals surface area (Å²) in [6.07, 6.45) is 0. The molecular weight excluding hydrogens is 446 g/mol. The van der Waals surface area contributed by atoms with E-state index in [1.807, 2.05) is 13.8 Å². The first-order valence-corrected chi connectivity index (χ1v) is 12.9. The number of benzene rings is 5. The standard InChI is InChI=1S/C34H29N.C2H6/c1-24(2)30-16-11-17-33-32(23-22-31(25(3)4)34(30)33)26-18-20-29(21-19-26)35(27-12-7-5-8-13-27)28-14-9-6-10-15-28;1-2/h5-23H,1,3H2,2,4H3;1-2H3. The predicted octanol–water partition coefficient (Wildman–Crippen LogP) is 11.1. The van der Waals surface area contributed by atoms with Crippen LogP contribution in [0.25, 0.3) is 33.0 Å². The Kier molecular flexibility index (Phi) is 8.05. The maximum Gasteiger partial charge on any atom is 0.0462 e. The normalized spacial score (nSPS) is 10.4. The lowest BCUT2D eigenvalue weighted by Crippen LogP contribution is -2.09. The zero-order valence-corrected chi connectivity index (χ0v) is 22.3. The van der Waals surface area contributed by atoms with Crippen molar-refractivity contribution in [2.24, 2.45) is 0 Å². The molecule has 1 heteroatoms. The smallest absolute Gasteiger partial charge is 0.0462 e. The van der Waals surface area contributed by atoms with Crippen LogP contribution in [-0.4, -0.2) is 0 Å². The molecule has 0 aliphatic carbocycles. The van der Waals surface area contributed by atoms with Gasteiger partial charge in [-0.3, -0.25) is 0 Å². The van der Waals surface area contributed by atoms with Gasteiger partial charge in [-0.2, -0.15) is 0 Å². The topological polar surface area (TPSA) is 3.24 Å². The Morgan fingerprint density at radius 3 is 1.51 bits per heavy atom. The first kappa shape index (κ1) is 25.7. The number of hydrogen-bond donors (Lipinski definition) is 0. The van der Waals surface area contributed by atoms with E-state index >= 15 is 0 Å². The van der Waals surface area contributed by atoms with E-state index in [1.54, 1.807) is 0 Å². The summed E-state index contributed by atoms with van der Waals surface area (Å²) in [6.45, 7) is 16.6. The van der Waals surface area contributed by atoms with Crippen molar-refractivity contribution in [1.82, 2.24) is 0 Å². The summed E-state index contributed by atoms with van der Waals surface area (Å²) in [5, 5.41) is 2.45. The second-order valence-corrected chi connectivity index (χ2v) is 9.00. The monoisotopic (exact) mass is 481 g/mol. The summed E-state index contributed by atoms with van der Waals surface area (Å²) in [7, 11) is 0. The Balaban J connectivity index is 0.00000156. The fourth-order valence-corrected chi connectivity index (χ4v) is 4.76. The maximum atomic E-state index is 4.23. The summed E-state index contributed by atoms with van der Waals surface area (Å²) in [5.41, 5.74) is 10.3. The minimum Gasteiger partial charge on any atom is -0.311 e. The van der Waals surface area contributed by atoms with Gasteiger partial charge in [0, 0.05) is 17.1 Å². The molecule has 0 saturated carbocycles. The minimum atomic E-state index is 1.06. The number of anilines is 3. The van der Waals surface area contributed by atoms with Crippen LogP contribution in [0.3, 0.4) is 0 Å². The Labute approximate surface area is 222 Å². The average molecular weight is 482 g/mol. The van der Waals surface area contributed by atoms with Crippen LogP contribution in [0.5, 0.6) is 0 Å². The van der Waals surface area contributed by atoms with Crippen molar-refractivity contribution < 1.29 is 0 Å². The van der Waals surface area contributed by atoms with Gasteiger partial charge < -0.3 is 4.90 Å². The highest BCUT2D eigenvalue weighted by molar-refractivity contribution is 6.07. The quantitative estimate of drug-likeness (QED) is 0.233. The fourth-order valence-electron chi connectivity index (χ4n) is 4.76. The van der Waals surface area contributed by atoms with Crippen LogP contribution in [-0.2, 0) is 0 Å². The molecule has 0 heterocycles. The molecule has 0 aromatic heterocycles. The van der Waals surface area contributed by atoms with E-state index in [1.165, 1.54) is 33.0 Å². The number of rotatable bonds is 6. The first-order valence-electron chi connectivity index (χ1n) is 12.9. The molecule has 0 aliphatic heterocycles. The van der Waals surface area contributed by atoms with Crippen molar-refractivity contribution in [2.45, 2.75) is 27.7 Å². The van der Waals surface area contributed by atoms with Crippen LogP contribution in [0.1, 0.15) is 38.8 Å². The molecule has 5 aromatic rings. The molecule has 0 amide bonds. The second-order valence-electron chi connectivity index (χ2n) is 9.00. The Bertz CT molecular complexity index is 1450. The fraction of sp³-hybridized carbons (Fsp3) is 0.111. The van der Waals surface area contributed by atoms with Crippen LogP contribution >= 0.6 is 0 Å². The van der Waals surface area contributed by atoms with Gasteiger partial charge in [0.05, 0.1) is 0 Å². The Morgan fingerprint density at radius 1 is 0.514 bits per heavy atom. The van der Waals surface area contributed by atoms with Crippen LogP contribution in [0.15, 0.2) is 128 Å². The molecule has 0 radical (unpaired) electrons. The molecule has 184 valence electrons. The van der Waals surface area contributed by atoms with Crippen molar-refractivity contribution in [3.63, 3.8) is 0 Å². The summed E-state index contributed by atoms with van der Waals surface area (Å²) in [4.78, 5) is 2.28. The zero-order chi connectivity index (χ0) is 26.4. The van der Waals surface area contributed by atoms with Gasteiger partial charge in [0.2, 0.25) is 0 Å². The average Bonchev–Trinajstić information content (AvgIpc) is 2.95. The molecule has 0 fully saturated rings. The van der Waals surface area contributed by atoms with Gasteiger partial charge in [-0.05, 0) is 83.3 Å². The molecule has 37 heavy (non-hydrogen) atoms. The third-order valence-corrected chi connectivity index (χ3v) is 6.43. The highest BCUT2D eigenvalue weighted by atomic mass is 15.1. The van der Waals surface area contributed by atoms with E-state index in [0.717, 1.165) is 28.2 Å². The lowest BCUT2D eigenvalue weighted by Gasteiger charge is -2.25. The number of nitrogens with zero attached hydrogens (tertiary/aromatic N) is 1. The number of allylic oxidation sites excluding steroid dienone is 2. The van der Waals surface area contributed by atoms with Crippen molar-refractivity contribution in [3.8, 4) is 11.1 Å². The van der Waals surface area contributed by atoms with E-state index in [9.17, 15) is 0 Å². The molecule has 0 unspecified atom stereocenters. The van der Waals surface area contributed by atoms with Crippen molar-refractivity contribution in [2.75, 3.05) is 4.90 Å². The molecule has 0 aliphatic rings. The summed E-state index contributed by atoms with van der Waals surface area (Å²) in [6, 6.07) is 40.7. The molecule has 5 rings (SSSR count). The zero-order valence-electron chi connectivity index (χ0n) is 22.3. The Hall–Kier alpha value is -4.36. The highest BCUT2D eigenvalue weighted by Gasteiger charge is 2.15. The van der Waals surface area contributed by atoms with Crippen LogP contribution in [0.2, 0.25) is 0 Å². The summed E-state index contributed by atoms with van der Waals surface area (Å²) >= 11 is 0. The Morgan fingerprint density at radius 2 is 1.00 bits per heavy atom. The van der Waals surface area contributed by atoms with E-state index in [4.69, 9.17) is 0 Å². The van der Waals surface area contributed by atoms with Crippen molar-refractivity contribution in [1.29, 1.82) is 0 Å². The number of fused-ring (bicyclic) bond motifs is 1. The number of hydrogen-bond acceptors (Lipinski definition) is 1. The largest absolute Gasteiger partial charge is 0.311 e. The maximum absolute atomic E-state index is 4.23. The molecule has 0 N–H and O–H groups in total. The van der Waals surface area contributed by atoms with Crippen LogP contribution < -0.4 is 4.90 Å². The SMILES string of the molecule is C=C(C)c1cccc2c(-c3ccc(N(c4ccccc4)c4ccccc4)cc3)ccc(C(=C)C)c12.CC. The second kappa shape index (κ2) is 11.6. The number of para-hydroxylation sites is 2. The van der Waals surface area contributed by atoms with Gasteiger partial charge in [-0.25, -0.2) is 0 Å². The predicted molar refractivity (Wildman–Crippen MR) is 165 cm³/mol.